The molecule has 3 aliphatic heterocycles. The lowest BCUT2D eigenvalue weighted by Crippen LogP contribution is -2.41. The number of thiophene rings is 1. The van der Waals surface area contributed by atoms with Crippen LogP contribution in [-0.4, -0.2) is 48.6 Å². The van der Waals surface area contributed by atoms with Gasteiger partial charge in [0.05, 0.1) is 12.6 Å². The van der Waals surface area contributed by atoms with E-state index in [1.54, 1.807) is 0 Å². The Bertz CT molecular complexity index is 850. The third kappa shape index (κ3) is 3.32. The minimum Gasteiger partial charge on any atom is -0.486 e. The van der Waals surface area contributed by atoms with Crippen LogP contribution < -0.4 is 9.47 Å². The van der Waals surface area contributed by atoms with Gasteiger partial charge in [0, 0.05) is 24.5 Å². The molecule has 1 unspecified atom stereocenters. The second-order valence-electron chi connectivity index (χ2n) is 7.48. The average molecular weight is 385 g/mol. The Kier molecular flexibility index (Phi) is 4.53. The number of carbonyl (C=O) groups is 1. The van der Waals surface area contributed by atoms with Gasteiger partial charge in [-0.1, -0.05) is 6.07 Å². The van der Waals surface area contributed by atoms with Crippen LogP contribution in [0.3, 0.4) is 0 Å². The quantitative estimate of drug-likeness (QED) is 0.815. The van der Waals surface area contributed by atoms with E-state index >= 15 is 0 Å². The standard InChI is InChI=1S/C21H24N2O3S/c24-21(14-22-8-5-20-16(13-22)6-11-27-20)23-7-1-2-17(23)15-3-4-18-19(12-15)26-10-9-25-18/h3-4,6,11-12,17H,1-2,5,7-10,13-14H2. The lowest BCUT2D eigenvalue weighted by atomic mass is 10.0. The average Bonchev–Trinajstić information content (AvgIpc) is 3.36. The van der Waals surface area contributed by atoms with Crippen LogP contribution in [0.1, 0.15) is 34.9 Å². The summed E-state index contributed by atoms with van der Waals surface area (Å²) in [6.45, 7) is 4.41. The molecule has 5 rings (SSSR count). The fourth-order valence-electron chi connectivity index (χ4n) is 4.40. The first-order valence-electron chi connectivity index (χ1n) is 9.74. The molecule has 0 radical (unpaired) electrons. The minimum atomic E-state index is 0.148. The predicted molar refractivity (Wildman–Crippen MR) is 104 cm³/mol. The SMILES string of the molecule is O=C(CN1CCc2sccc2C1)N1CCCC1c1ccc2c(c1)OCCO2. The molecule has 1 amide bonds. The number of ether oxygens (including phenoxy) is 2. The van der Waals surface area contributed by atoms with Crippen LogP contribution in [0, 0.1) is 0 Å². The molecule has 0 spiro atoms. The summed E-state index contributed by atoms with van der Waals surface area (Å²) in [5.41, 5.74) is 2.55. The van der Waals surface area contributed by atoms with Gasteiger partial charge >= 0.3 is 0 Å². The molecule has 0 aliphatic carbocycles. The van der Waals surface area contributed by atoms with Crippen molar-refractivity contribution in [3.63, 3.8) is 0 Å². The summed E-state index contributed by atoms with van der Waals surface area (Å²) in [6, 6.07) is 8.47. The first-order chi connectivity index (χ1) is 13.3. The van der Waals surface area contributed by atoms with Gasteiger partial charge in [-0.3, -0.25) is 9.69 Å². The van der Waals surface area contributed by atoms with Gasteiger partial charge in [-0.15, -0.1) is 11.3 Å². The molecule has 4 heterocycles. The van der Waals surface area contributed by atoms with Gasteiger partial charge in [0.15, 0.2) is 11.5 Å². The van der Waals surface area contributed by atoms with Gasteiger partial charge in [-0.25, -0.2) is 0 Å². The topological polar surface area (TPSA) is 42.0 Å². The Morgan fingerprint density at radius 3 is 2.96 bits per heavy atom. The maximum atomic E-state index is 13.1. The van der Waals surface area contributed by atoms with Crippen molar-refractivity contribution in [2.75, 3.05) is 32.8 Å². The molecule has 3 aliphatic rings. The molecule has 6 heteroatoms. The molecule has 1 aromatic carbocycles. The molecule has 1 saturated heterocycles. The highest BCUT2D eigenvalue weighted by Gasteiger charge is 2.32. The molecule has 2 aromatic rings. The fourth-order valence-corrected chi connectivity index (χ4v) is 5.29. The van der Waals surface area contributed by atoms with Gasteiger partial charge in [0.2, 0.25) is 5.91 Å². The number of carbonyl (C=O) groups excluding carboxylic acids is 1. The number of amides is 1. The number of benzene rings is 1. The van der Waals surface area contributed by atoms with Crippen LogP contribution in [0.25, 0.3) is 0 Å². The highest BCUT2D eigenvalue weighted by atomic mass is 32.1. The first kappa shape index (κ1) is 17.1. The molecule has 1 atom stereocenters. The lowest BCUT2D eigenvalue weighted by molar-refractivity contribution is -0.133. The van der Waals surface area contributed by atoms with E-state index in [0.717, 1.165) is 56.0 Å². The van der Waals surface area contributed by atoms with Crippen LogP contribution in [0.4, 0.5) is 0 Å². The third-order valence-corrected chi connectivity index (χ3v) is 6.79. The summed E-state index contributed by atoms with van der Waals surface area (Å²) in [4.78, 5) is 18.9. The second-order valence-corrected chi connectivity index (χ2v) is 8.48. The molecule has 0 bridgehead atoms. The molecule has 0 saturated carbocycles. The predicted octanol–water partition coefficient (Wildman–Crippen LogP) is 3.24. The second kappa shape index (κ2) is 7.17. The van der Waals surface area contributed by atoms with Crippen molar-refractivity contribution in [1.82, 2.24) is 9.80 Å². The Morgan fingerprint density at radius 1 is 1.15 bits per heavy atom. The highest BCUT2D eigenvalue weighted by Crippen LogP contribution is 2.38. The van der Waals surface area contributed by atoms with E-state index < -0.39 is 0 Å². The van der Waals surface area contributed by atoms with E-state index in [2.05, 4.69) is 33.4 Å². The Labute approximate surface area is 163 Å². The van der Waals surface area contributed by atoms with E-state index in [4.69, 9.17) is 9.47 Å². The van der Waals surface area contributed by atoms with Gasteiger partial charge in [0.25, 0.3) is 0 Å². The Hall–Kier alpha value is -2.05. The smallest absolute Gasteiger partial charge is 0.237 e. The number of fused-ring (bicyclic) bond motifs is 2. The monoisotopic (exact) mass is 384 g/mol. The van der Waals surface area contributed by atoms with Gasteiger partial charge in [-0.2, -0.15) is 0 Å². The van der Waals surface area contributed by atoms with Crippen molar-refractivity contribution in [1.29, 1.82) is 0 Å². The fraction of sp³-hybridized carbons (Fsp3) is 0.476. The first-order valence-corrected chi connectivity index (χ1v) is 10.6. The van der Waals surface area contributed by atoms with Gasteiger partial charge in [-0.05, 0) is 54.0 Å². The zero-order chi connectivity index (χ0) is 18.2. The van der Waals surface area contributed by atoms with Crippen molar-refractivity contribution < 1.29 is 14.3 Å². The zero-order valence-corrected chi connectivity index (χ0v) is 16.2. The number of hydrogen-bond acceptors (Lipinski definition) is 5. The van der Waals surface area contributed by atoms with Crippen molar-refractivity contribution in [3.8, 4) is 11.5 Å². The van der Waals surface area contributed by atoms with E-state index in [-0.39, 0.29) is 11.9 Å². The number of hydrogen-bond donors (Lipinski definition) is 0. The summed E-state index contributed by atoms with van der Waals surface area (Å²) in [5, 5.41) is 2.16. The van der Waals surface area contributed by atoms with Crippen molar-refractivity contribution in [2.45, 2.75) is 31.8 Å². The third-order valence-electron chi connectivity index (χ3n) is 5.77. The van der Waals surface area contributed by atoms with Crippen LogP contribution in [0.2, 0.25) is 0 Å². The molecule has 142 valence electrons. The van der Waals surface area contributed by atoms with Crippen LogP contribution >= 0.6 is 11.3 Å². The maximum absolute atomic E-state index is 13.1. The molecule has 27 heavy (non-hydrogen) atoms. The molecule has 1 aromatic heterocycles. The molecular weight excluding hydrogens is 360 g/mol. The van der Waals surface area contributed by atoms with Crippen LogP contribution in [0.5, 0.6) is 11.5 Å². The Morgan fingerprint density at radius 2 is 2.04 bits per heavy atom. The molecular formula is C21H24N2O3S. The van der Waals surface area contributed by atoms with E-state index in [9.17, 15) is 4.79 Å². The number of nitrogens with zero attached hydrogens (tertiary/aromatic N) is 2. The van der Waals surface area contributed by atoms with E-state index in [1.165, 1.54) is 10.4 Å². The maximum Gasteiger partial charge on any atom is 0.237 e. The highest BCUT2D eigenvalue weighted by molar-refractivity contribution is 7.10. The zero-order valence-electron chi connectivity index (χ0n) is 15.4. The van der Waals surface area contributed by atoms with E-state index in [0.29, 0.717) is 19.8 Å². The molecule has 0 N–H and O–H groups in total. The Balaban J connectivity index is 1.29. The summed E-state index contributed by atoms with van der Waals surface area (Å²) in [6.07, 6.45) is 3.13. The summed E-state index contributed by atoms with van der Waals surface area (Å²) in [7, 11) is 0. The number of rotatable bonds is 3. The normalized spacial score (nSPS) is 21.9. The van der Waals surface area contributed by atoms with E-state index in [1.807, 2.05) is 17.4 Å². The lowest BCUT2D eigenvalue weighted by Gasteiger charge is -2.31. The van der Waals surface area contributed by atoms with Crippen LogP contribution in [0.15, 0.2) is 29.6 Å². The minimum absolute atomic E-state index is 0.148. The molecule has 5 nitrogen and oxygen atoms in total. The van der Waals surface area contributed by atoms with Gasteiger partial charge < -0.3 is 14.4 Å². The van der Waals surface area contributed by atoms with Crippen LogP contribution in [-0.2, 0) is 17.8 Å². The van der Waals surface area contributed by atoms with Crippen molar-refractivity contribution in [3.05, 3.63) is 45.6 Å². The number of likely N-dealkylation sites (tertiary alicyclic amines) is 1. The van der Waals surface area contributed by atoms with Crippen molar-refractivity contribution >= 4 is 17.2 Å². The molecule has 1 fully saturated rings. The largest absolute Gasteiger partial charge is 0.486 e. The van der Waals surface area contributed by atoms with Crippen molar-refractivity contribution in [2.24, 2.45) is 0 Å². The summed E-state index contributed by atoms with van der Waals surface area (Å²) < 4.78 is 11.4. The van der Waals surface area contributed by atoms with Gasteiger partial charge in [0.1, 0.15) is 13.2 Å². The summed E-state index contributed by atoms with van der Waals surface area (Å²) in [5.74, 6) is 1.85. The summed E-state index contributed by atoms with van der Waals surface area (Å²) >= 11 is 1.84.